The molecule has 0 aliphatic rings. The highest BCUT2D eigenvalue weighted by atomic mass is 19.1. The second-order valence-electron chi connectivity index (χ2n) is 9.68. The number of rotatable bonds is 7. The van der Waals surface area contributed by atoms with Gasteiger partial charge in [-0.25, -0.2) is 14.4 Å². The lowest BCUT2D eigenvalue weighted by Gasteiger charge is -2.07. The molecule has 4 N–H and O–H groups in total. The average Bonchev–Trinajstić information content (AvgIpc) is 3.61. The molecule has 0 aliphatic heterocycles. The Morgan fingerprint density at radius 3 is 2.51 bits per heavy atom. The molecule has 0 amide bonds. The lowest BCUT2D eigenvalue weighted by Crippen LogP contribution is -2.12. The summed E-state index contributed by atoms with van der Waals surface area (Å²) in [5.41, 5.74) is 7.94. The van der Waals surface area contributed by atoms with Gasteiger partial charge in [-0.1, -0.05) is 30.3 Å². The fourth-order valence-electron chi connectivity index (χ4n) is 4.87. The summed E-state index contributed by atoms with van der Waals surface area (Å²) in [6.07, 6.45) is 5.25. The normalized spacial score (nSPS) is 11.4. The summed E-state index contributed by atoms with van der Waals surface area (Å²) in [5.74, 6) is -0.256. The van der Waals surface area contributed by atoms with Crippen molar-refractivity contribution in [1.29, 1.82) is 0 Å². The number of nitrogens with one attached hydrogen (secondary N) is 3. The van der Waals surface area contributed by atoms with Gasteiger partial charge in [0, 0.05) is 48.9 Å². The number of hydrogen-bond donors (Lipinski definition) is 4. The van der Waals surface area contributed by atoms with Gasteiger partial charge < -0.3 is 15.4 Å². The summed E-state index contributed by atoms with van der Waals surface area (Å²) in [5, 5.41) is 20.9. The van der Waals surface area contributed by atoms with E-state index in [2.05, 4.69) is 48.7 Å². The smallest absolute Gasteiger partial charge is 0.161 e. The molecule has 9 nitrogen and oxygen atoms in total. The number of aromatic hydroxyl groups is 1. The molecule has 200 valence electrons. The summed E-state index contributed by atoms with van der Waals surface area (Å²) in [4.78, 5) is 21.8. The number of hydrogen-bond acceptors (Lipinski definition) is 7. The molecule has 0 unspecified atom stereocenters. The highest BCUT2D eigenvalue weighted by Gasteiger charge is 2.18. The van der Waals surface area contributed by atoms with E-state index in [9.17, 15) is 9.50 Å². The Labute approximate surface area is 233 Å². The molecule has 2 aromatic carbocycles. The van der Waals surface area contributed by atoms with Crippen LogP contribution in [0, 0.1) is 5.82 Å². The highest BCUT2D eigenvalue weighted by molar-refractivity contribution is 5.95. The van der Waals surface area contributed by atoms with E-state index in [0.29, 0.717) is 45.9 Å². The van der Waals surface area contributed by atoms with Crippen LogP contribution >= 0.6 is 0 Å². The van der Waals surface area contributed by atoms with Crippen molar-refractivity contribution in [1.82, 2.24) is 40.4 Å². The first-order chi connectivity index (χ1) is 20.1. The van der Waals surface area contributed by atoms with E-state index < -0.39 is 5.82 Å². The lowest BCUT2D eigenvalue weighted by molar-refractivity contribution is 0.469. The molecule has 0 bridgehead atoms. The van der Waals surface area contributed by atoms with Crippen LogP contribution in [0.5, 0.6) is 5.75 Å². The van der Waals surface area contributed by atoms with Gasteiger partial charge in [0.15, 0.2) is 11.5 Å². The number of pyridine rings is 3. The van der Waals surface area contributed by atoms with Crippen molar-refractivity contribution in [2.24, 2.45) is 0 Å². The topological polar surface area (TPSA) is 128 Å². The van der Waals surface area contributed by atoms with Crippen LogP contribution in [0.2, 0.25) is 0 Å². The summed E-state index contributed by atoms with van der Waals surface area (Å²) in [7, 11) is 0. The van der Waals surface area contributed by atoms with Crippen LogP contribution in [0.3, 0.4) is 0 Å². The number of nitrogens with zero attached hydrogens (tertiary/aromatic N) is 5. The van der Waals surface area contributed by atoms with Crippen LogP contribution in [0.15, 0.2) is 91.4 Å². The maximum absolute atomic E-state index is 14.0. The molecule has 5 heterocycles. The molecule has 0 spiro atoms. The Kier molecular flexibility index (Phi) is 6.14. The SMILES string of the molecule is Oc1cc(F)cc(-c2nccc3[nH]c(-c4n[nH]c5ccc(-c6cncc(CNCc7ccccc7)c6)nc45)nc23)c1. The van der Waals surface area contributed by atoms with Gasteiger partial charge in [0.05, 0.1) is 22.4 Å². The molecular formula is C31H23FN8O. The number of halogens is 1. The monoisotopic (exact) mass is 542 g/mol. The van der Waals surface area contributed by atoms with Gasteiger partial charge in [0.25, 0.3) is 0 Å². The summed E-state index contributed by atoms with van der Waals surface area (Å²) in [6, 6.07) is 21.8. The molecule has 0 fully saturated rings. The summed E-state index contributed by atoms with van der Waals surface area (Å²) >= 11 is 0. The van der Waals surface area contributed by atoms with E-state index in [1.54, 1.807) is 18.5 Å². The van der Waals surface area contributed by atoms with E-state index in [1.165, 1.54) is 17.7 Å². The first-order valence-corrected chi connectivity index (χ1v) is 13.0. The van der Waals surface area contributed by atoms with Gasteiger partial charge in [-0.3, -0.25) is 15.1 Å². The zero-order valence-electron chi connectivity index (χ0n) is 21.6. The Balaban J connectivity index is 1.21. The molecule has 0 atom stereocenters. The Bertz CT molecular complexity index is 2000. The van der Waals surface area contributed by atoms with Crippen molar-refractivity contribution in [2.75, 3.05) is 0 Å². The molecule has 5 aromatic heterocycles. The lowest BCUT2D eigenvalue weighted by atomic mass is 10.1. The molecule has 7 aromatic rings. The van der Waals surface area contributed by atoms with Crippen LogP contribution < -0.4 is 5.32 Å². The molecule has 41 heavy (non-hydrogen) atoms. The number of imidazole rings is 1. The zero-order valence-corrected chi connectivity index (χ0v) is 21.6. The van der Waals surface area contributed by atoms with Gasteiger partial charge >= 0.3 is 0 Å². The van der Waals surface area contributed by atoms with E-state index >= 15 is 0 Å². The van der Waals surface area contributed by atoms with Crippen LogP contribution in [0.4, 0.5) is 4.39 Å². The molecule has 0 radical (unpaired) electrons. The highest BCUT2D eigenvalue weighted by Crippen LogP contribution is 2.32. The van der Waals surface area contributed by atoms with Gasteiger partial charge in [-0.2, -0.15) is 5.10 Å². The minimum absolute atomic E-state index is 0.185. The number of phenols is 1. The largest absolute Gasteiger partial charge is 0.508 e. The fourth-order valence-corrected chi connectivity index (χ4v) is 4.87. The number of phenolic OH excluding ortho intramolecular Hbond substituents is 1. The minimum atomic E-state index is -0.560. The van der Waals surface area contributed by atoms with Crippen molar-refractivity contribution in [2.45, 2.75) is 13.1 Å². The van der Waals surface area contributed by atoms with Gasteiger partial charge in [-0.05, 0) is 47.5 Å². The molecular weight excluding hydrogens is 519 g/mol. The second kappa shape index (κ2) is 10.2. The third-order valence-corrected chi connectivity index (χ3v) is 6.78. The van der Waals surface area contributed by atoms with Crippen molar-refractivity contribution in [3.05, 3.63) is 108 Å². The Morgan fingerprint density at radius 2 is 1.63 bits per heavy atom. The predicted molar refractivity (Wildman–Crippen MR) is 154 cm³/mol. The summed E-state index contributed by atoms with van der Waals surface area (Å²) in [6.45, 7) is 1.44. The average molecular weight is 543 g/mol. The number of aromatic amines is 2. The van der Waals surface area contributed by atoms with Gasteiger partial charge in [-0.15, -0.1) is 0 Å². The number of aromatic nitrogens is 7. The molecule has 0 saturated carbocycles. The third-order valence-electron chi connectivity index (χ3n) is 6.78. The second-order valence-corrected chi connectivity index (χ2v) is 9.68. The maximum Gasteiger partial charge on any atom is 0.161 e. The first-order valence-electron chi connectivity index (χ1n) is 13.0. The third kappa shape index (κ3) is 4.88. The van der Waals surface area contributed by atoms with E-state index in [4.69, 9.17) is 9.97 Å². The molecule has 10 heteroatoms. The predicted octanol–water partition coefficient (Wildman–Crippen LogP) is 5.76. The van der Waals surface area contributed by atoms with Crippen molar-refractivity contribution in [3.8, 4) is 39.8 Å². The van der Waals surface area contributed by atoms with Crippen LogP contribution in [0.25, 0.3) is 56.1 Å². The van der Waals surface area contributed by atoms with E-state index in [0.717, 1.165) is 34.9 Å². The van der Waals surface area contributed by atoms with Crippen molar-refractivity contribution >= 4 is 22.1 Å². The van der Waals surface area contributed by atoms with Crippen molar-refractivity contribution < 1.29 is 9.50 Å². The number of H-pyrrole nitrogens is 2. The number of benzene rings is 2. The van der Waals surface area contributed by atoms with Crippen LogP contribution in [-0.2, 0) is 13.1 Å². The summed E-state index contributed by atoms with van der Waals surface area (Å²) < 4.78 is 14.0. The van der Waals surface area contributed by atoms with Crippen molar-refractivity contribution in [3.63, 3.8) is 0 Å². The van der Waals surface area contributed by atoms with Crippen LogP contribution in [0.1, 0.15) is 11.1 Å². The Morgan fingerprint density at radius 1 is 0.780 bits per heavy atom. The number of fused-ring (bicyclic) bond motifs is 2. The van der Waals surface area contributed by atoms with E-state index in [1.807, 2.05) is 36.5 Å². The van der Waals surface area contributed by atoms with Gasteiger partial charge in [0.2, 0.25) is 0 Å². The van der Waals surface area contributed by atoms with E-state index in [-0.39, 0.29) is 5.75 Å². The minimum Gasteiger partial charge on any atom is -0.508 e. The molecule has 0 saturated heterocycles. The van der Waals surface area contributed by atoms with Gasteiger partial charge in [0.1, 0.15) is 22.6 Å². The fraction of sp³-hybridized carbons (Fsp3) is 0.0645. The standard InChI is InChI=1S/C31H23FN8O/c32-22-11-20(12-23(41)13-22)27-28-25(8-9-35-27)37-31(38-28)30-29-26(39-40-30)7-6-24(36-29)21-10-19(16-34-17-21)15-33-14-18-4-2-1-3-5-18/h1-13,16-17,33,41H,14-15H2,(H,37,38)(H,39,40). The maximum atomic E-state index is 14.0. The molecule has 0 aliphatic carbocycles. The first kappa shape index (κ1) is 24.6. The quantitative estimate of drug-likeness (QED) is 0.202. The molecule has 7 rings (SSSR count). The van der Waals surface area contributed by atoms with Crippen LogP contribution in [-0.4, -0.2) is 40.2 Å². The zero-order chi connectivity index (χ0) is 27.8. The Hall–Kier alpha value is -5.48.